The van der Waals surface area contributed by atoms with E-state index in [1.54, 1.807) is 6.20 Å². The summed E-state index contributed by atoms with van der Waals surface area (Å²) in [4.78, 5) is 18.7. The van der Waals surface area contributed by atoms with Gasteiger partial charge in [0.25, 0.3) is 0 Å². The Hall–Kier alpha value is -2.41. The lowest BCUT2D eigenvalue weighted by Crippen LogP contribution is -2.47. The molecule has 1 aliphatic heterocycles. The number of amides is 2. The lowest BCUT2D eigenvalue weighted by molar-refractivity contribution is -0.00168. The van der Waals surface area contributed by atoms with Crippen molar-refractivity contribution in [2.75, 3.05) is 13.1 Å². The maximum atomic E-state index is 12.6. The average Bonchev–Trinajstić information content (AvgIpc) is 2.98. The summed E-state index contributed by atoms with van der Waals surface area (Å²) in [6, 6.07) is 5.76. The summed E-state index contributed by atoms with van der Waals surface area (Å²) >= 11 is 0. The molecule has 0 saturated carbocycles. The number of urea groups is 1. The Bertz CT molecular complexity index is 759. The van der Waals surface area contributed by atoms with Gasteiger partial charge in [0.05, 0.1) is 24.1 Å². The number of hydrogen-bond donors (Lipinski definition) is 1. The first-order chi connectivity index (χ1) is 13.1. The number of carbonyl (C=O) groups excluding carboxylic acids is 1. The first-order valence-electron chi connectivity index (χ1n) is 9.65. The highest BCUT2D eigenvalue weighted by Gasteiger charge is 2.24. The Morgan fingerprint density at radius 2 is 2.22 bits per heavy atom. The van der Waals surface area contributed by atoms with E-state index in [4.69, 9.17) is 4.74 Å². The highest BCUT2D eigenvalue weighted by Crippen LogP contribution is 2.16. The van der Waals surface area contributed by atoms with Crippen molar-refractivity contribution < 1.29 is 9.53 Å². The van der Waals surface area contributed by atoms with E-state index in [9.17, 15) is 4.79 Å². The molecule has 2 amide bonds. The Morgan fingerprint density at radius 3 is 2.93 bits per heavy atom. The second kappa shape index (κ2) is 8.99. The van der Waals surface area contributed by atoms with Gasteiger partial charge in [-0.1, -0.05) is 6.07 Å². The number of nitrogens with one attached hydrogen (secondary N) is 1. The summed E-state index contributed by atoms with van der Waals surface area (Å²) in [5.41, 5.74) is 4.11. The molecule has 0 bridgehead atoms. The Labute approximate surface area is 160 Å². The molecule has 2 aromatic rings. The number of likely N-dealkylation sites (tertiary alicyclic amines) is 1. The van der Waals surface area contributed by atoms with Gasteiger partial charge in [0, 0.05) is 43.6 Å². The summed E-state index contributed by atoms with van der Waals surface area (Å²) in [5.74, 6) is 0. The first kappa shape index (κ1) is 19.4. The van der Waals surface area contributed by atoms with Gasteiger partial charge in [-0.05, 0) is 45.7 Å². The van der Waals surface area contributed by atoms with E-state index >= 15 is 0 Å². The van der Waals surface area contributed by atoms with Crippen LogP contribution >= 0.6 is 0 Å². The third-order valence-corrected chi connectivity index (χ3v) is 5.11. The highest BCUT2D eigenvalue weighted by atomic mass is 16.5. The van der Waals surface area contributed by atoms with Crippen LogP contribution in [0.3, 0.4) is 0 Å². The van der Waals surface area contributed by atoms with Crippen molar-refractivity contribution in [3.8, 4) is 0 Å². The van der Waals surface area contributed by atoms with Crippen LogP contribution in [0.5, 0.6) is 0 Å². The molecular formula is C20H29N5O2. The standard InChI is InChI=1S/C20H29N5O2/c1-4-25-16(3)19(15(2)23-25)12-22-20(26)24-11-7-9-18(13-24)27-14-17-8-5-6-10-21-17/h5-6,8,10,18H,4,7,9,11-14H2,1-3H3,(H,22,26)/t18-/m1/s1. The van der Waals surface area contributed by atoms with Gasteiger partial charge in [0.15, 0.2) is 0 Å². The van der Waals surface area contributed by atoms with E-state index in [0.29, 0.717) is 19.7 Å². The maximum absolute atomic E-state index is 12.6. The highest BCUT2D eigenvalue weighted by molar-refractivity contribution is 5.74. The Balaban J connectivity index is 1.50. The summed E-state index contributed by atoms with van der Waals surface area (Å²) in [6.07, 6.45) is 3.74. The zero-order chi connectivity index (χ0) is 19.2. The molecule has 0 radical (unpaired) electrons. The van der Waals surface area contributed by atoms with E-state index in [-0.39, 0.29) is 12.1 Å². The molecule has 1 aliphatic rings. The first-order valence-corrected chi connectivity index (χ1v) is 9.65. The molecule has 7 nitrogen and oxygen atoms in total. The van der Waals surface area contributed by atoms with Crippen LogP contribution in [0.2, 0.25) is 0 Å². The van der Waals surface area contributed by atoms with Crippen molar-refractivity contribution >= 4 is 6.03 Å². The maximum Gasteiger partial charge on any atom is 0.317 e. The van der Waals surface area contributed by atoms with Gasteiger partial charge in [0.2, 0.25) is 0 Å². The molecule has 2 aromatic heterocycles. The quantitative estimate of drug-likeness (QED) is 0.847. The number of ether oxygens (including phenoxy) is 1. The van der Waals surface area contributed by atoms with Crippen LogP contribution in [0.4, 0.5) is 4.79 Å². The van der Waals surface area contributed by atoms with Gasteiger partial charge in [-0.15, -0.1) is 0 Å². The zero-order valence-corrected chi connectivity index (χ0v) is 16.4. The van der Waals surface area contributed by atoms with Crippen LogP contribution in [-0.2, 0) is 24.4 Å². The van der Waals surface area contributed by atoms with E-state index in [1.807, 2.05) is 41.6 Å². The molecule has 0 aliphatic carbocycles. The largest absolute Gasteiger partial charge is 0.370 e. The van der Waals surface area contributed by atoms with Gasteiger partial charge in [-0.25, -0.2) is 4.79 Å². The lowest BCUT2D eigenvalue weighted by atomic mass is 10.1. The normalized spacial score (nSPS) is 17.1. The SMILES string of the molecule is CCn1nc(C)c(CNC(=O)N2CCC[C@@H](OCc3ccccn3)C2)c1C. The molecule has 0 unspecified atom stereocenters. The predicted molar refractivity (Wildman–Crippen MR) is 103 cm³/mol. The van der Waals surface area contributed by atoms with Crippen molar-refractivity contribution in [3.05, 3.63) is 47.0 Å². The van der Waals surface area contributed by atoms with Gasteiger partial charge >= 0.3 is 6.03 Å². The van der Waals surface area contributed by atoms with Gasteiger partial charge in [-0.2, -0.15) is 5.10 Å². The monoisotopic (exact) mass is 371 g/mol. The van der Waals surface area contributed by atoms with Crippen molar-refractivity contribution in [2.45, 2.75) is 59.4 Å². The number of pyridine rings is 1. The number of aryl methyl sites for hydroxylation is 2. The fourth-order valence-electron chi connectivity index (χ4n) is 3.52. The number of carbonyl (C=O) groups is 1. The van der Waals surface area contributed by atoms with Crippen molar-refractivity contribution in [1.82, 2.24) is 25.0 Å². The van der Waals surface area contributed by atoms with E-state index in [2.05, 4.69) is 22.3 Å². The minimum absolute atomic E-state index is 0.0378. The molecule has 146 valence electrons. The second-order valence-corrected chi connectivity index (χ2v) is 6.97. The third kappa shape index (κ3) is 4.86. The molecule has 0 aromatic carbocycles. The number of nitrogens with zero attached hydrogens (tertiary/aromatic N) is 4. The van der Waals surface area contributed by atoms with E-state index in [0.717, 1.165) is 48.6 Å². The molecular weight excluding hydrogens is 342 g/mol. The van der Waals surface area contributed by atoms with Crippen LogP contribution in [0.25, 0.3) is 0 Å². The smallest absolute Gasteiger partial charge is 0.317 e. The average molecular weight is 371 g/mol. The predicted octanol–water partition coefficient (Wildman–Crippen LogP) is 2.81. The van der Waals surface area contributed by atoms with Crippen molar-refractivity contribution in [2.24, 2.45) is 0 Å². The molecule has 27 heavy (non-hydrogen) atoms. The van der Waals surface area contributed by atoms with E-state index in [1.165, 1.54) is 0 Å². The number of piperidine rings is 1. The third-order valence-electron chi connectivity index (χ3n) is 5.11. The molecule has 1 N–H and O–H groups in total. The zero-order valence-electron chi connectivity index (χ0n) is 16.4. The van der Waals surface area contributed by atoms with Crippen molar-refractivity contribution in [1.29, 1.82) is 0 Å². The van der Waals surface area contributed by atoms with Crippen LogP contribution < -0.4 is 5.32 Å². The van der Waals surface area contributed by atoms with E-state index < -0.39 is 0 Å². The Morgan fingerprint density at radius 1 is 1.37 bits per heavy atom. The molecule has 1 saturated heterocycles. The topological polar surface area (TPSA) is 72.3 Å². The number of aromatic nitrogens is 3. The number of rotatable bonds is 6. The fourth-order valence-corrected chi connectivity index (χ4v) is 3.52. The molecule has 1 fully saturated rings. The van der Waals surface area contributed by atoms with Crippen LogP contribution in [0.1, 0.15) is 42.4 Å². The number of hydrogen-bond acceptors (Lipinski definition) is 4. The Kier molecular flexibility index (Phi) is 6.45. The summed E-state index contributed by atoms with van der Waals surface area (Å²) in [5, 5.41) is 7.56. The minimum atomic E-state index is -0.0378. The molecule has 3 rings (SSSR count). The fraction of sp³-hybridized carbons (Fsp3) is 0.550. The van der Waals surface area contributed by atoms with Crippen LogP contribution in [-0.4, -0.2) is 44.9 Å². The molecule has 7 heteroatoms. The molecule has 0 spiro atoms. The minimum Gasteiger partial charge on any atom is -0.370 e. The van der Waals surface area contributed by atoms with Crippen molar-refractivity contribution in [3.63, 3.8) is 0 Å². The summed E-state index contributed by atoms with van der Waals surface area (Å²) in [6.45, 7) is 9.31. The van der Waals surface area contributed by atoms with Crippen LogP contribution in [0, 0.1) is 13.8 Å². The lowest BCUT2D eigenvalue weighted by Gasteiger charge is -2.32. The van der Waals surface area contributed by atoms with Gasteiger partial charge in [-0.3, -0.25) is 9.67 Å². The summed E-state index contributed by atoms with van der Waals surface area (Å²) in [7, 11) is 0. The second-order valence-electron chi connectivity index (χ2n) is 6.97. The van der Waals surface area contributed by atoms with Gasteiger partial charge in [0.1, 0.15) is 0 Å². The van der Waals surface area contributed by atoms with Crippen LogP contribution in [0.15, 0.2) is 24.4 Å². The molecule has 3 heterocycles. The molecule has 1 atom stereocenters. The van der Waals surface area contributed by atoms with Gasteiger partial charge < -0.3 is 15.0 Å². The summed E-state index contributed by atoms with van der Waals surface area (Å²) < 4.78 is 7.94.